The second kappa shape index (κ2) is 15.5. The van der Waals surface area contributed by atoms with Gasteiger partial charge < -0.3 is 11.5 Å². The molecule has 0 aromatic carbocycles. The topological polar surface area (TPSA) is 69.1 Å². The van der Waals surface area contributed by atoms with E-state index in [1.807, 2.05) is 11.4 Å². The lowest BCUT2D eigenvalue weighted by atomic mass is 10.1. The van der Waals surface area contributed by atoms with Crippen LogP contribution in [0.2, 0.25) is 0 Å². The van der Waals surface area contributed by atoms with Gasteiger partial charge in [-0.3, -0.25) is 0 Å². The minimum Gasteiger partial charge on any atom is -0.352 e. The smallest absolute Gasteiger partial charge is 0.309 e. The number of unbranched alkanes of at least 4 members (excludes halogenated alkanes) is 5. The zero-order valence-electron chi connectivity index (χ0n) is 9.00. The normalized spacial score (nSPS) is 9.00. The molecule has 0 spiro atoms. The van der Waals surface area contributed by atoms with E-state index in [4.69, 9.17) is 4.79 Å². The predicted molar refractivity (Wildman–Crippen MR) is 69.3 cm³/mol. The van der Waals surface area contributed by atoms with Gasteiger partial charge in [-0.1, -0.05) is 47.5 Å². The molecule has 0 aliphatic carbocycles. The summed E-state index contributed by atoms with van der Waals surface area (Å²) >= 11 is 1.88. The Morgan fingerprint density at radius 3 is 2.00 bits per heavy atom. The maximum absolute atomic E-state index is 9.00. The summed E-state index contributed by atoms with van der Waals surface area (Å²) < 4.78 is 0. The molecule has 0 aromatic heterocycles. The Bertz CT molecular complexity index is 113. The molecular weight excluding hydrogens is 215 g/mol. The van der Waals surface area contributed by atoms with Crippen LogP contribution in [-0.4, -0.2) is 11.8 Å². The van der Waals surface area contributed by atoms with E-state index in [9.17, 15) is 0 Å². The van der Waals surface area contributed by atoms with Gasteiger partial charge in [0, 0.05) is 0 Å². The van der Waals surface area contributed by atoms with Crippen LogP contribution < -0.4 is 11.5 Å². The average molecular weight is 238 g/mol. The lowest BCUT2D eigenvalue weighted by molar-refractivity contribution is 0.256. The molecule has 3 nitrogen and oxygen atoms in total. The number of hydrogen-bond donors (Lipinski definition) is 2. The van der Waals surface area contributed by atoms with Crippen molar-refractivity contribution < 1.29 is 4.79 Å². The van der Waals surface area contributed by atoms with E-state index in [2.05, 4.69) is 26.8 Å². The fourth-order valence-corrected chi connectivity index (χ4v) is 1.84. The van der Waals surface area contributed by atoms with Gasteiger partial charge >= 0.3 is 6.03 Å². The Hall–Kier alpha value is 0.0500. The summed E-state index contributed by atoms with van der Waals surface area (Å²) in [6.07, 6.45) is 8.50. The van der Waals surface area contributed by atoms with Gasteiger partial charge in [-0.2, -0.15) is 0 Å². The van der Waals surface area contributed by atoms with Crippen molar-refractivity contribution in [1.82, 2.24) is 0 Å². The van der Waals surface area contributed by atoms with Gasteiger partial charge in [0.05, 0.1) is 0 Å². The van der Waals surface area contributed by atoms with Crippen molar-refractivity contribution in [2.24, 2.45) is 11.5 Å². The molecule has 0 fully saturated rings. The summed E-state index contributed by atoms with van der Waals surface area (Å²) in [5.41, 5.74) is 8.50. The van der Waals surface area contributed by atoms with Crippen molar-refractivity contribution in [3.8, 4) is 0 Å². The maximum Gasteiger partial charge on any atom is 0.309 e. The van der Waals surface area contributed by atoms with Crippen LogP contribution >= 0.6 is 19.8 Å². The predicted octanol–water partition coefficient (Wildman–Crippen LogP) is 2.89. The average Bonchev–Trinajstić information content (AvgIpc) is 2.10. The molecule has 0 aromatic rings. The first-order valence-corrected chi connectivity index (χ1v) is 7.48. The van der Waals surface area contributed by atoms with E-state index >= 15 is 0 Å². The quantitative estimate of drug-likeness (QED) is 0.529. The molecule has 0 heterocycles. The lowest BCUT2D eigenvalue weighted by Gasteiger charge is -1.97. The van der Waals surface area contributed by atoms with Crippen LogP contribution in [0.5, 0.6) is 0 Å². The largest absolute Gasteiger partial charge is 0.352 e. The Kier molecular flexibility index (Phi) is 18.3. The van der Waals surface area contributed by atoms with Crippen LogP contribution in [0.4, 0.5) is 4.79 Å². The van der Waals surface area contributed by atoms with Crippen molar-refractivity contribution in [2.45, 2.75) is 45.4 Å². The summed E-state index contributed by atoms with van der Waals surface area (Å²) in [5.74, 6) is 1.32. The van der Waals surface area contributed by atoms with E-state index < -0.39 is 6.03 Å². The minimum absolute atomic E-state index is 0.833. The number of rotatable bonds is 7. The highest BCUT2D eigenvalue weighted by Gasteiger charge is 1.87. The minimum atomic E-state index is -0.833. The number of amides is 2. The molecule has 0 rings (SSSR count). The fourth-order valence-electron chi connectivity index (χ4n) is 0.966. The van der Waals surface area contributed by atoms with Gasteiger partial charge in [0.1, 0.15) is 0 Å². The van der Waals surface area contributed by atoms with Crippen LogP contribution in [0.3, 0.4) is 0 Å². The first-order chi connectivity index (χ1) is 6.65. The number of urea groups is 1. The molecule has 2 amide bonds. The van der Waals surface area contributed by atoms with Crippen molar-refractivity contribution in [3.63, 3.8) is 0 Å². The molecule has 0 aliphatic rings. The van der Waals surface area contributed by atoms with Gasteiger partial charge in [0.2, 0.25) is 0 Å². The van der Waals surface area contributed by atoms with Crippen molar-refractivity contribution in [1.29, 1.82) is 0 Å². The van der Waals surface area contributed by atoms with Crippen LogP contribution in [0.15, 0.2) is 0 Å². The number of nitrogens with two attached hydrogens (primary N) is 2. The summed E-state index contributed by atoms with van der Waals surface area (Å²) in [6, 6.07) is -0.833. The van der Waals surface area contributed by atoms with Gasteiger partial charge in [0.15, 0.2) is 0 Å². The second-order valence-corrected chi connectivity index (χ2v) is 4.78. The Morgan fingerprint density at radius 1 is 1.14 bits per heavy atom. The number of hydrogen-bond acceptors (Lipinski definition) is 2. The molecule has 0 aliphatic heterocycles. The highest BCUT2D eigenvalue weighted by molar-refractivity contribution is 8.43. The van der Waals surface area contributed by atoms with E-state index in [1.54, 1.807) is 0 Å². The van der Waals surface area contributed by atoms with Crippen LogP contribution in [-0.2, 0) is 0 Å². The molecule has 86 valence electrons. The van der Waals surface area contributed by atoms with E-state index in [-0.39, 0.29) is 0 Å². The number of carbonyl (C=O) groups is 1. The number of carbonyl (C=O) groups excluding carboxylic acids is 1. The number of primary amides is 2. The van der Waals surface area contributed by atoms with Crippen LogP contribution in [0, 0.1) is 0 Å². The zero-order chi connectivity index (χ0) is 11.2. The van der Waals surface area contributed by atoms with Crippen molar-refractivity contribution >= 4 is 25.9 Å². The molecule has 0 radical (unpaired) electrons. The lowest BCUT2D eigenvalue weighted by Crippen LogP contribution is -2.18. The van der Waals surface area contributed by atoms with E-state index in [0.717, 1.165) is 0 Å². The zero-order valence-corrected chi connectivity index (χ0v) is 11.0. The highest BCUT2D eigenvalue weighted by atomic mass is 32.7. The molecule has 14 heavy (non-hydrogen) atoms. The van der Waals surface area contributed by atoms with Gasteiger partial charge in [-0.25, -0.2) is 4.79 Å². The van der Waals surface area contributed by atoms with E-state index in [1.165, 1.54) is 44.3 Å². The molecule has 1 unspecified atom stereocenters. The van der Waals surface area contributed by atoms with Crippen LogP contribution in [0.25, 0.3) is 0 Å². The monoisotopic (exact) mass is 238 g/mol. The third kappa shape index (κ3) is 29.6. The molecule has 1 atom stereocenters. The molecular formula is C9H23N2OPS. The van der Waals surface area contributed by atoms with E-state index in [0.29, 0.717) is 0 Å². The van der Waals surface area contributed by atoms with Gasteiger partial charge in [-0.15, -0.1) is 11.4 Å². The summed E-state index contributed by atoms with van der Waals surface area (Å²) in [4.78, 5) is 9.00. The third-order valence-corrected chi connectivity index (χ3v) is 2.85. The highest BCUT2D eigenvalue weighted by Crippen LogP contribution is 2.14. The van der Waals surface area contributed by atoms with Crippen LogP contribution in [0.1, 0.15) is 45.4 Å². The molecule has 0 saturated carbocycles. The Balaban J connectivity index is 0. The Labute approximate surface area is 93.7 Å². The standard InChI is InChI=1S/C8H19PS.CH4N2O/c1-2-3-4-5-6-7-8-10-9;2-1(3)4/h2-9H2,1H3;(H4,2,3,4). The van der Waals surface area contributed by atoms with Crippen molar-refractivity contribution in [3.05, 3.63) is 0 Å². The first kappa shape index (κ1) is 16.5. The second-order valence-electron chi connectivity index (χ2n) is 3.04. The molecule has 5 heteroatoms. The van der Waals surface area contributed by atoms with Gasteiger partial charge in [0.25, 0.3) is 0 Å². The SMILES string of the molecule is CCCCCCCCSP.NC(N)=O. The fraction of sp³-hybridized carbons (Fsp3) is 0.889. The first-order valence-electron chi connectivity index (χ1n) is 5.01. The third-order valence-electron chi connectivity index (χ3n) is 1.62. The Morgan fingerprint density at radius 2 is 1.57 bits per heavy atom. The summed E-state index contributed by atoms with van der Waals surface area (Å²) in [7, 11) is 2.70. The van der Waals surface area contributed by atoms with Gasteiger partial charge in [-0.05, 0) is 12.2 Å². The summed E-state index contributed by atoms with van der Waals surface area (Å²) in [5, 5.41) is 0. The molecule has 0 bridgehead atoms. The summed E-state index contributed by atoms with van der Waals surface area (Å²) in [6.45, 7) is 2.26. The van der Waals surface area contributed by atoms with Crippen molar-refractivity contribution in [2.75, 3.05) is 5.75 Å². The maximum atomic E-state index is 9.00. The molecule has 0 saturated heterocycles. The molecule has 4 N–H and O–H groups in total.